The van der Waals surface area contributed by atoms with Gasteiger partial charge in [-0.2, -0.15) is 10.1 Å². The first kappa shape index (κ1) is 36.7. The van der Waals surface area contributed by atoms with Gasteiger partial charge in [-0.3, -0.25) is 19.7 Å². The maximum atomic E-state index is 13.1. The summed E-state index contributed by atoms with van der Waals surface area (Å²) in [7, 11) is 1.90. The van der Waals surface area contributed by atoms with E-state index in [0.29, 0.717) is 42.0 Å². The van der Waals surface area contributed by atoms with Crippen LogP contribution in [0.3, 0.4) is 0 Å². The molecule has 57 heavy (non-hydrogen) atoms. The van der Waals surface area contributed by atoms with E-state index in [9.17, 15) is 14.4 Å². The Morgan fingerprint density at radius 1 is 0.842 bits per heavy atom. The zero-order valence-corrected chi connectivity index (χ0v) is 32.8. The number of amides is 3. The van der Waals surface area contributed by atoms with Crippen molar-refractivity contribution in [2.75, 3.05) is 48.3 Å². The second kappa shape index (κ2) is 15.2. The molecule has 0 spiro atoms. The molecule has 1 unspecified atom stereocenters. The van der Waals surface area contributed by atoms with Crippen LogP contribution in [0.4, 0.5) is 29.0 Å². The number of carbonyl (C=O) groups excluding carboxylic acids is 3. The molecule has 1 atom stereocenters. The van der Waals surface area contributed by atoms with Crippen molar-refractivity contribution in [1.29, 1.82) is 0 Å². The Morgan fingerprint density at radius 3 is 2.33 bits per heavy atom. The van der Waals surface area contributed by atoms with Crippen LogP contribution in [-0.2, 0) is 23.2 Å². The standard InChI is InChI=1S/C43H49N11O3/c1-26-5-4-6-27(2)38(26)48-39-33-23-44-43(49-40(33)51(3)50-39)45-31-9-7-29(8-10-31)30-17-19-52(20-18-30)24-28-15-21-53(22-16-28)36-13-11-32-34(46-36)25-54(42(32)57)35-12-14-37(55)47-41(35)56/h4-11,13,23,28,30,35H,12,14-22,24-25H2,1-3H3,(H,48,50)(H,44,45,49)(H,47,55,56). The second-order valence-electron chi connectivity index (χ2n) is 16.1. The third-order valence-electron chi connectivity index (χ3n) is 12.3. The molecule has 14 heteroatoms. The van der Waals surface area contributed by atoms with Crippen LogP contribution in [0, 0.1) is 19.8 Å². The van der Waals surface area contributed by atoms with Gasteiger partial charge in [-0.1, -0.05) is 30.3 Å². The molecule has 4 aliphatic heterocycles. The molecule has 0 aliphatic carbocycles. The molecule has 3 N–H and O–H groups in total. The number of carbonyl (C=O) groups is 3. The van der Waals surface area contributed by atoms with E-state index in [-0.39, 0.29) is 18.2 Å². The number of likely N-dealkylation sites (tertiary alicyclic amines) is 1. The number of pyridine rings is 1. The number of para-hydroxylation sites is 1. The lowest BCUT2D eigenvalue weighted by molar-refractivity contribution is -0.136. The van der Waals surface area contributed by atoms with E-state index < -0.39 is 11.9 Å². The molecule has 4 aliphatic rings. The Kier molecular flexibility index (Phi) is 9.81. The quantitative estimate of drug-likeness (QED) is 0.158. The topological polar surface area (TPSA) is 154 Å². The Balaban J connectivity index is 0.740. The molecule has 14 nitrogen and oxygen atoms in total. The highest BCUT2D eigenvalue weighted by Crippen LogP contribution is 2.33. The Hall–Kier alpha value is -5.89. The average Bonchev–Trinajstić information content (AvgIpc) is 3.71. The minimum absolute atomic E-state index is 0.183. The van der Waals surface area contributed by atoms with Crippen molar-refractivity contribution in [2.45, 2.75) is 70.9 Å². The lowest BCUT2D eigenvalue weighted by Gasteiger charge is -2.38. The molecular formula is C43H49N11O3. The van der Waals surface area contributed by atoms with E-state index >= 15 is 0 Å². The predicted molar refractivity (Wildman–Crippen MR) is 219 cm³/mol. The summed E-state index contributed by atoms with van der Waals surface area (Å²) in [5, 5.41) is 14.8. The van der Waals surface area contributed by atoms with E-state index in [1.54, 1.807) is 9.58 Å². The van der Waals surface area contributed by atoms with Gasteiger partial charge in [0.15, 0.2) is 11.5 Å². The van der Waals surface area contributed by atoms with Gasteiger partial charge in [-0.15, -0.1) is 0 Å². The van der Waals surface area contributed by atoms with Crippen LogP contribution in [0.15, 0.2) is 60.8 Å². The molecule has 3 amide bonds. The van der Waals surface area contributed by atoms with Crippen molar-refractivity contribution in [3.8, 4) is 0 Å². The number of nitrogens with zero attached hydrogens (tertiary/aromatic N) is 8. The summed E-state index contributed by atoms with van der Waals surface area (Å²) in [6.45, 7) is 9.68. The van der Waals surface area contributed by atoms with Crippen molar-refractivity contribution in [3.05, 3.63) is 88.7 Å². The van der Waals surface area contributed by atoms with E-state index in [1.807, 2.05) is 25.4 Å². The molecule has 3 aromatic heterocycles. The maximum absolute atomic E-state index is 13.1. The number of imide groups is 1. The van der Waals surface area contributed by atoms with Gasteiger partial charge in [0.2, 0.25) is 17.8 Å². The summed E-state index contributed by atoms with van der Waals surface area (Å²) < 4.78 is 1.79. The number of nitrogens with one attached hydrogen (secondary N) is 3. The number of hydrogen-bond acceptors (Lipinski definition) is 11. The zero-order valence-electron chi connectivity index (χ0n) is 32.8. The largest absolute Gasteiger partial charge is 0.357 e. The number of aromatic nitrogens is 5. The van der Waals surface area contributed by atoms with Crippen LogP contribution in [0.2, 0.25) is 0 Å². The summed E-state index contributed by atoms with van der Waals surface area (Å²) in [5.41, 5.74) is 7.73. The van der Waals surface area contributed by atoms with Gasteiger partial charge in [0.05, 0.1) is 23.2 Å². The van der Waals surface area contributed by atoms with Crippen LogP contribution in [-0.4, -0.2) is 91.0 Å². The Labute approximate surface area is 332 Å². The first-order valence-corrected chi connectivity index (χ1v) is 20.2. The second-order valence-corrected chi connectivity index (χ2v) is 16.1. The number of fused-ring (bicyclic) bond motifs is 2. The molecule has 3 saturated heterocycles. The third kappa shape index (κ3) is 7.41. The highest BCUT2D eigenvalue weighted by atomic mass is 16.2. The lowest BCUT2D eigenvalue weighted by Crippen LogP contribution is -2.52. The average molecular weight is 768 g/mol. The smallest absolute Gasteiger partial charge is 0.256 e. The molecule has 2 aromatic carbocycles. The number of hydrogen-bond donors (Lipinski definition) is 3. The van der Waals surface area contributed by atoms with Crippen LogP contribution in [0.1, 0.15) is 77.2 Å². The number of piperidine rings is 3. The van der Waals surface area contributed by atoms with Crippen molar-refractivity contribution < 1.29 is 14.4 Å². The minimum Gasteiger partial charge on any atom is -0.357 e. The number of benzene rings is 2. The molecule has 294 valence electrons. The summed E-state index contributed by atoms with van der Waals surface area (Å²) >= 11 is 0. The fourth-order valence-corrected chi connectivity index (χ4v) is 9.05. The van der Waals surface area contributed by atoms with E-state index in [1.165, 1.54) is 5.56 Å². The van der Waals surface area contributed by atoms with Crippen LogP contribution < -0.4 is 20.9 Å². The lowest BCUT2D eigenvalue weighted by atomic mass is 9.88. The molecule has 0 radical (unpaired) electrons. The molecule has 7 heterocycles. The minimum atomic E-state index is -0.625. The molecule has 3 fully saturated rings. The number of aryl methyl sites for hydroxylation is 3. The van der Waals surface area contributed by atoms with Gasteiger partial charge in [0, 0.05) is 50.7 Å². The molecule has 9 rings (SSSR count). The third-order valence-corrected chi connectivity index (χ3v) is 12.3. The maximum Gasteiger partial charge on any atom is 0.256 e. The molecule has 0 saturated carbocycles. The molecular weight excluding hydrogens is 719 g/mol. The SMILES string of the molecule is Cc1cccc(C)c1Nc1nn(C)c2nc(Nc3ccc(C4CCN(CC5CCN(c6ccc7c(n6)CN(C6CCC(=O)NC6=O)C7=O)CC5)CC4)cc3)ncc12. The zero-order chi connectivity index (χ0) is 39.2. The van der Waals surface area contributed by atoms with Gasteiger partial charge in [-0.25, -0.2) is 14.6 Å². The van der Waals surface area contributed by atoms with Gasteiger partial charge >= 0.3 is 0 Å². The van der Waals surface area contributed by atoms with Crippen LogP contribution >= 0.6 is 0 Å². The highest BCUT2D eigenvalue weighted by Gasteiger charge is 2.40. The number of rotatable bonds is 9. The van der Waals surface area contributed by atoms with E-state index in [4.69, 9.17) is 15.1 Å². The van der Waals surface area contributed by atoms with Crippen molar-refractivity contribution in [1.82, 2.24) is 39.8 Å². The van der Waals surface area contributed by atoms with Gasteiger partial charge in [0.25, 0.3) is 5.91 Å². The number of anilines is 5. The first-order valence-electron chi connectivity index (χ1n) is 20.2. The van der Waals surface area contributed by atoms with Crippen molar-refractivity contribution in [2.24, 2.45) is 13.0 Å². The van der Waals surface area contributed by atoms with Gasteiger partial charge in [0.1, 0.15) is 11.9 Å². The molecule has 0 bridgehead atoms. The normalized spacial score (nSPS) is 19.6. The fourth-order valence-electron chi connectivity index (χ4n) is 9.05. The van der Waals surface area contributed by atoms with Crippen LogP contribution in [0.5, 0.6) is 0 Å². The van der Waals surface area contributed by atoms with Gasteiger partial charge in [-0.05, 0) is 112 Å². The van der Waals surface area contributed by atoms with E-state index in [0.717, 1.165) is 104 Å². The van der Waals surface area contributed by atoms with Crippen LogP contribution in [0.25, 0.3) is 11.0 Å². The molecule has 5 aromatic rings. The summed E-state index contributed by atoms with van der Waals surface area (Å²) in [6.07, 6.45) is 6.94. The summed E-state index contributed by atoms with van der Waals surface area (Å²) in [5.74, 6) is 2.50. The fraction of sp³-hybridized carbons (Fsp3) is 0.419. The Morgan fingerprint density at radius 2 is 1.60 bits per heavy atom. The predicted octanol–water partition coefficient (Wildman–Crippen LogP) is 5.72. The highest BCUT2D eigenvalue weighted by molar-refractivity contribution is 6.05. The summed E-state index contributed by atoms with van der Waals surface area (Å²) in [4.78, 5) is 58.0. The Bertz CT molecular complexity index is 2320. The first-order chi connectivity index (χ1) is 27.7. The summed E-state index contributed by atoms with van der Waals surface area (Å²) in [6, 6.07) is 18.1. The monoisotopic (exact) mass is 767 g/mol. The van der Waals surface area contributed by atoms with Gasteiger partial charge < -0.3 is 25.3 Å². The van der Waals surface area contributed by atoms with Crippen molar-refractivity contribution >= 4 is 57.7 Å². The van der Waals surface area contributed by atoms with E-state index in [2.05, 4.69) is 87.0 Å². The van der Waals surface area contributed by atoms with Crippen molar-refractivity contribution in [3.63, 3.8) is 0 Å².